The smallest absolute Gasteiger partial charge is 0.255 e. The van der Waals surface area contributed by atoms with Gasteiger partial charge in [0.05, 0.1) is 29.9 Å². The molecule has 0 spiro atoms. The molecule has 1 aromatic carbocycles. The van der Waals surface area contributed by atoms with E-state index in [0.29, 0.717) is 23.6 Å². The van der Waals surface area contributed by atoms with Gasteiger partial charge >= 0.3 is 0 Å². The van der Waals surface area contributed by atoms with E-state index in [2.05, 4.69) is 44.6 Å². The first-order valence-corrected chi connectivity index (χ1v) is 12.1. The second-order valence-corrected chi connectivity index (χ2v) is 9.55. The Balaban J connectivity index is 1.56. The molecule has 8 heteroatoms. The number of nitrogens with zero attached hydrogens (tertiary/aromatic N) is 4. The summed E-state index contributed by atoms with van der Waals surface area (Å²) in [4.78, 5) is 24.1. The van der Waals surface area contributed by atoms with Gasteiger partial charge in [-0.1, -0.05) is 6.07 Å². The molecule has 1 amide bonds. The maximum absolute atomic E-state index is 13.0. The van der Waals surface area contributed by atoms with E-state index in [0.717, 1.165) is 42.1 Å². The number of anilines is 2. The van der Waals surface area contributed by atoms with Crippen molar-refractivity contribution in [3.8, 4) is 17.2 Å². The van der Waals surface area contributed by atoms with Crippen molar-refractivity contribution in [1.29, 1.82) is 5.26 Å². The fraction of sp³-hybridized carbons (Fsp3) is 0.357. The molecule has 36 heavy (non-hydrogen) atoms. The quantitative estimate of drug-likeness (QED) is 0.524. The molecule has 3 heterocycles. The van der Waals surface area contributed by atoms with Crippen molar-refractivity contribution in [3.05, 3.63) is 71.7 Å². The van der Waals surface area contributed by atoms with Crippen LogP contribution in [0.2, 0.25) is 0 Å². The van der Waals surface area contributed by atoms with Gasteiger partial charge in [0.15, 0.2) is 0 Å². The molecule has 2 aromatic heterocycles. The number of aryl methyl sites for hydroxylation is 1. The number of aromatic nitrogens is 2. The lowest BCUT2D eigenvalue weighted by atomic mass is 9.90. The lowest BCUT2D eigenvalue weighted by Crippen LogP contribution is -2.46. The Labute approximate surface area is 212 Å². The first kappa shape index (κ1) is 25.3. The van der Waals surface area contributed by atoms with Crippen LogP contribution in [0, 0.1) is 18.3 Å². The molecule has 0 saturated carbocycles. The Morgan fingerprint density at radius 1 is 1.19 bits per heavy atom. The molecular formula is C28H32N6O2. The summed E-state index contributed by atoms with van der Waals surface area (Å²) in [6.07, 6.45) is 3.52. The minimum atomic E-state index is -0.778. The average Bonchev–Trinajstić information content (AvgIpc) is 2.90. The molecule has 1 aliphatic heterocycles. The van der Waals surface area contributed by atoms with E-state index in [1.165, 1.54) is 0 Å². The van der Waals surface area contributed by atoms with Gasteiger partial charge in [-0.2, -0.15) is 5.26 Å². The van der Waals surface area contributed by atoms with Crippen LogP contribution in [0.25, 0.3) is 11.1 Å². The second kappa shape index (κ2) is 10.9. The topological polar surface area (TPSA) is 103 Å². The zero-order valence-corrected chi connectivity index (χ0v) is 21.2. The van der Waals surface area contributed by atoms with Gasteiger partial charge in [0.1, 0.15) is 5.82 Å². The lowest BCUT2D eigenvalue weighted by Gasteiger charge is -2.33. The highest BCUT2D eigenvalue weighted by atomic mass is 16.5. The zero-order chi connectivity index (χ0) is 25.7. The minimum absolute atomic E-state index is 0.127. The van der Waals surface area contributed by atoms with Gasteiger partial charge in [0, 0.05) is 43.3 Å². The van der Waals surface area contributed by atoms with E-state index in [1.54, 1.807) is 32.2 Å². The summed E-state index contributed by atoms with van der Waals surface area (Å²) in [5.41, 5.74) is 4.09. The number of ether oxygens (including phenoxy) is 1. The molecular weight excluding hydrogens is 452 g/mol. The summed E-state index contributed by atoms with van der Waals surface area (Å²) in [5, 5.41) is 15.6. The largest absolute Gasteiger partial charge is 0.373 e. The molecule has 4 rings (SSSR count). The molecule has 1 aliphatic rings. The highest BCUT2D eigenvalue weighted by molar-refractivity contribution is 6.04. The molecule has 2 N–H and O–H groups in total. The maximum atomic E-state index is 13.0. The molecule has 0 unspecified atom stereocenters. The van der Waals surface area contributed by atoms with Crippen LogP contribution in [0.15, 0.2) is 54.9 Å². The predicted octanol–water partition coefficient (Wildman–Crippen LogP) is 3.93. The molecule has 8 nitrogen and oxygen atoms in total. The van der Waals surface area contributed by atoms with Crippen molar-refractivity contribution >= 4 is 17.4 Å². The van der Waals surface area contributed by atoms with Crippen molar-refractivity contribution in [1.82, 2.24) is 15.3 Å². The fourth-order valence-electron chi connectivity index (χ4n) is 4.22. The van der Waals surface area contributed by atoms with E-state index in [1.807, 2.05) is 37.5 Å². The van der Waals surface area contributed by atoms with E-state index < -0.39 is 5.41 Å². The molecule has 1 fully saturated rings. The molecule has 0 radical (unpaired) electrons. The number of pyridine rings is 2. The van der Waals surface area contributed by atoms with Crippen LogP contribution in [-0.4, -0.2) is 55.3 Å². The van der Waals surface area contributed by atoms with Crippen LogP contribution >= 0.6 is 0 Å². The fourth-order valence-corrected chi connectivity index (χ4v) is 4.22. The number of hydrogen-bond donors (Lipinski definition) is 2. The Morgan fingerprint density at radius 3 is 2.78 bits per heavy atom. The Bertz CT molecular complexity index is 1280. The van der Waals surface area contributed by atoms with E-state index in [9.17, 15) is 10.1 Å². The number of amides is 1. The number of hydrogen-bond acceptors (Lipinski definition) is 7. The van der Waals surface area contributed by atoms with Crippen LogP contribution in [-0.2, 0) is 10.2 Å². The van der Waals surface area contributed by atoms with Crippen molar-refractivity contribution in [3.63, 3.8) is 0 Å². The summed E-state index contributed by atoms with van der Waals surface area (Å²) in [7, 11) is 1.93. The minimum Gasteiger partial charge on any atom is -0.373 e. The molecule has 0 bridgehead atoms. The molecule has 186 valence electrons. The van der Waals surface area contributed by atoms with Gasteiger partial charge in [-0.15, -0.1) is 0 Å². The van der Waals surface area contributed by atoms with Gasteiger partial charge in [-0.05, 0) is 80.9 Å². The lowest BCUT2D eigenvalue weighted by molar-refractivity contribution is 0.0419. The number of likely N-dealkylation sites (N-methyl/N-ethyl adjacent to an activating group) is 1. The number of rotatable bonds is 7. The SMILES string of the molecule is CNC[C@@H]1CN(c2cc(-c3cc(NC(=O)c4ccnc(C(C)(C)C#N)c4)ccc3C)ccn2)CCO1. The number of benzene rings is 1. The third kappa shape index (κ3) is 5.70. The standard InChI is InChI=1S/C28H32N6O2/c1-19-5-6-22(33-27(35)21-8-9-31-25(13-21)28(2,3)18-29)15-24(19)20-7-10-32-26(14-20)34-11-12-36-23(17-34)16-30-4/h5-10,13-15,23,30H,11-12,16-17H2,1-4H3,(H,33,35)/t23-/m1/s1. The Morgan fingerprint density at radius 2 is 2.00 bits per heavy atom. The van der Waals surface area contributed by atoms with Gasteiger partial charge < -0.3 is 20.3 Å². The van der Waals surface area contributed by atoms with E-state index in [-0.39, 0.29) is 12.0 Å². The number of carbonyl (C=O) groups is 1. The number of carbonyl (C=O) groups excluding carboxylic acids is 1. The van der Waals surface area contributed by atoms with Gasteiger partial charge in [-0.3, -0.25) is 9.78 Å². The van der Waals surface area contributed by atoms with Crippen LogP contribution in [0.4, 0.5) is 11.5 Å². The molecule has 0 aliphatic carbocycles. The highest BCUT2D eigenvalue weighted by Gasteiger charge is 2.23. The van der Waals surface area contributed by atoms with E-state index in [4.69, 9.17) is 4.74 Å². The monoisotopic (exact) mass is 484 g/mol. The number of nitrogens with one attached hydrogen (secondary N) is 2. The first-order chi connectivity index (χ1) is 17.3. The van der Waals surface area contributed by atoms with Crippen molar-refractivity contribution in [2.75, 3.05) is 43.5 Å². The third-order valence-corrected chi connectivity index (χ3v) is 6.39. The third-order valence-electron chi connectivity index (χ3n) is 6.39. The summed E-state index contributed by atoms with van der Waals surface area (Å²) in [6, 6.07) is 15.5. The zero-order valence-electron chi connectivity index (χ0n) is 21.2. The first-order valence-electron chi connectivity index (χ1n) is 12.1. The number of nitriles is 1. The van der Waals surface area contributed by atoms with Gasteiger partial charge in [0.25, 0.3) is 5.91 Å². The average molecular weight is 485 g/mol. The van der Waals surface area contributed by atoms with Crippen molar-refractivity contribution in [2.24, 2.45) is 0 Å². The molecule has 3 aromatic rings. The van der Waals surface area contributed by atoms with Crippen LogP contribution in [0.5, 0.6) is 0 Å². The highest BCUT2D eigenvalue weighted by Crippen LogP contribution is 2.29. The van der Waals surface area contributed by atoms with Crippen LogP contribution < -0.4 is 15.5 Å². The molecule has 1 atom stereocenters. The molecule has 1 saturated heterocycles. The predicted molar refractivity (Wildman–Crippen MR) is 141 cm³/mol. The van der Waals surface area contributed by atoms with Crippen LogP contribution in [0.1, 0.15) is 35.5 Å². The van der Waals surface area contributed by atoms with Gasteiger partial charge in [0.2, 0.25) is 0 Å². The van der Waals surface area contributed by atoms with Crippen LogP contribution in [0.3, 0.4) is 0 Å². The number of morpholine rings is 1. The summed E-state index contributed by atoms with van der Waals surface area (Å²) in [6.45, 7) is 8.65. The van der Waals surface area contributed by atoms with E-state index >= 15 is 0 Å². The van der Waals surface area contributed by atoms with Gasteiger partial charge in [-0.25, -0.2) is 4.98 Å². The maximum Gasteiger partial charge on any atom is 0.255 e. The summed E-state index contributed by atoms with van der Waals surface area (Å²) >= 11 is 0. The Hall–Kier alpha value is -3.80. The normalized spacial score (nSPS) is 15.9. The van der Waals surface area contributed by atoms with Crippen molar-refractivity contribution < 1.29 is 9.53 Å². The Kier molecular flexibility index (Phi) is 7.63. The summed E-state index contributed by atoms with van der Waals surface area (Å²) < 4.78 is 5.83. The second-order valence-electron chi connectivity index (χ2n) is 9.55. The summed E-state index contributed by atoms with van der Waals surface area (Å²) in [5.74, 6) is 0.664. The van der Waals surface area contributed by atoms with Crippen molar-refractivity contribution in [2.45, 2.75) is 32.3 Å².